The SMILES string of the molecule is O[C@@H]1CN(c2nc(-c3ccnc(Nc4ccccc4)c3)nc3cncc(C4CC4)c23)CC[C@@H]1O. The van der Waals surface area contributed by atoms with E-state index < -0.39 is 12.2 Å². The van der Waals surface area contributed by atoms with E-state index in [0.29, 0.717) is 37.1 Å². The molecule has 0 bridgehead atoms. The number of benzene rings is 1. The number of aliphatic hydroxyl groups excluding tert-OH is 2. The minimum atomic E-state index is -0.809. The summed E-state index contributed by atoms with van der Waals surface area (Å²) < 4.78 is 0. The van der Waals surface area contributed by atoms with Gasteiger partial charge in [0, 0.05) is 42.1 Å². The predicted molar refractivity (Wildman–Crippen MR) is 131 cm³/mol. The van der Waals surface area contributed by atoms with Crippen molar-refractivity contribution >= 4 is 28.2 Å². The van der Waals surface area contributed by atoms with Crippen LogP contribution in [0, 0.1) is 0 Å². The molecule has 0 unspecified atom stereocenters. The highest BCUT2D eigenvalue weighted by atomic mass is 16.3. The number of aliphatic hydroxyl groups is 2. The average Bonchev–Trinajstić information content (AvgIpc) is 3.71. The summed E-state index contributed by atoms with van der Waals surface area (Å²) in [4.78, 5) is 20.9. The molecule has 3 N–H and O–H groups in total. The Hall–Kier alpha value is -3.62. The summed E-state index contributed by atoms with van der Waals surface area (Å²) in [5.74, 6) is 2.56. The zero-order valence-corrected chi connectivity index (χ0v) is 18.7. The van der Waals surface area contributed by atoms with Gasteiger partial charge in [-0.3, -0.25) is 4.98 Å². The van der Waals surface area contributed by atoms with Gasteiger partial charge in [0.1, 0.15) is 11.6 Å². The Bertz CT molecular complexity index is 1330. The lowest BCUT2D eigenvalue weighted by atomic mass is 10.0. The van der Waals surface area contributed by atoms with Crippen LogP contribution in [0.2, 0.25) is 0 Å². The second-order valence-electron chi connectivity index (χ2n) is 9.06. The summed E-state index contributed by atoms with van der Waals surface area (Å²) in [6.45, 7) is 0.948. The molecule has 1 aliphatic carbocycles. The molecule has 8 heteroatoms. The molecular formula is C26H26N6O2. The number of nitrogens with one attached hydrogen (secondary N) is 1. The number of hydrogen-bond donors (Lipinski definition) is 3. The molecule has 0 spiro atoms. The van der Waals surface area contributed by atoms with E-state index in [1.165, 1.54) is 5.56 Å². The number of anilines is 3. The Morgan fingerprint density at radius 1 is 0.941 bits per heavy atom. The molecule has 34 heavy (non-hydrogen) atoms. The lowest BCUT2D eigenvalue weighted by Gasteiger charge is -2.35. The Kier molecular flexibility index (Phi) is 5.31. The van der Waals surface area contributed by atoms with Gasteiger partial charge in [-0.15, -0.1) is 0 Å². The fourth-order valence-corrected chi connectivity index (χ4v) is 4.57. The Morgan fingerprint density at radius 2 is 1.79 bits per heavy atom. The van der Waals surface area contributed by atoms with E-state index in [4.69, 9.17) is 9.97 Å². The van der Waals surface area contributed by atoms with Crippen LogP contribution in [0.15, 0.2) is 61.1 Å². The Labute approximate surface area is 197 Å². The van der Waals surface area contributed by atoms with Crippen molar-refractivity contribution in [3.8, 4) is 11.4 Å². The lowest BCUT2D eigenvalue weighted by molar-refractivity contribution is 0.00792. The van der Waals surface area contributed by atoms with Crippen molar-refractivity contribution in [2.24, 2.45) is 0 Å². The number of aromatic nitrogens is 4. The van der Waals surface area contributed by atoms with Crippen LogP contribution in [0.3, 0.4) is 0 Å². The van der Waals surface area contributed by atoms with E-state index >= 15 is 0 Å². The molecular weight excluding hydrogens is 428 g/mol. The van der Waals surface area contributed by atoms with Gasteiger partial charge in [0.05, 0.1) is 23.9 Å². The molecule has 1 saturated carbocycles. The second kappa shape index (κ2) is 8.62. The van der Waals surface area contributed by atoms with Gasteiger partial charge in [0.25, 0.3) is 0 Å². The first kappa shape index (κ1) is 20.9. The standard InChI is InChI=1S/C26H26N6O2/c33-21-9-11-32(15-22(21)34)26-24-19(16-6-7-16)13-27-14-20(24)30-25(31-26)17-8-10-28-23(12-17)29-18-4-2-1-3-5-18/h1-5,8,10,12-14,16,21-22,33-34H,6-7,9,11,15H2,(H,28,29)/t21-,22+/m0/s1. The van der Waals surface area contributed by atoms with Gasteiger partial charge < -0.3 is 20.4 Å². The summed E-state index contributed by atoms with van der Waals surface area (Å²) in [6, 6.07) is 13.7. The van der Waals surface area contributed by atoms with E-state index in [9.17, 15) is 10.2 Å². The first-order valence-electron chi connectivity index (χ1n) is 11.7. The van der Waals surface area contributed by atoms with Crippen LogP contribution >= 0.6 is 0 Å². The fraction of sp³-hybridized carbons (Fsp3) is 0.308. The van der Waals surface area contributed by atoms with Crippen molar-refractivity contribution in [1.82, 2.24) is 19.9 Å². The topological polar surface area (TPSA) is 107 Å². The van der Waals surface area contributed by atoms with Crippen LogP contribution in [0.5, 0.6) is 0 Å². The van der Waals surface area contributed by atoms with Crippen molar-refractivity contribution in [3.63, 3.8) is 0 Å². The van der Waals surface area contributed by atoms with Crippen molar-refractivity contribution in [2.75, 3.05) is 23.3 Å². The molecule has 1 saturated heterocycles. The largest absolute Gasteiger partial charge is 0.390 e. The minimum absolute atomic E-state index is 0.330. The van der Waals surface area contributed by atoms with Gasteiger partial charge in [0.15, 0.2) is 5.82 Å². The summed E-state index contributed by atoms with van der Waals surface area (Å²) in [7, 11) is 0. The molecule has 4 heterocycles. The molecule has 2 atom stereocenters. The normalized spacial score (nSPS) is 20.5. The average molecular weight is 455 g/mol. The van der Waals surface area contributed by atoms with Crippen molar-refractivity contribution in [2.45, 2.75) is 37.4 Å². The van der Waals surface area contributed by atoms with E-state index in [0.717, 1.165) is 40.8 Å². The van der Waals surface area contributed by atoms with Gasteiger partial charge in [-0.05, 0) is 55.0 Å². The van der Waals surface area contributed by atoms with E-state index in [1.54, 1.807) is 12.4 Å². The van der Waals surface area contributed by atoms with Gasteiger partial charge in [-0.2, -0.15) is 0 Å². The highest BCUT2D eigenvalue weighted by Gasteiger charge is 2.32. The zero-order chi connectivity index (χ0) is 23.1. The predicted octanol–water partition coefficient (Wildman–Crippen LogP) is 3.64. The van der Waals surface area contributed by atoms with Crippen LogP contribution in [-0.4, -0.2) is 55.4 Å². The number of para-hydroxylation sites is 1. The third-order valence-corrected chi connectivity index (χ3v) is 6.54. The minimum Gasteiger partial charge on any atom is -0.390 e. The number of rotatable bonds is 5. The van der Waals surface area contributed by atoms with Crippen molar-refractivity contribution in [3.05, 3.63) is 66.6 Å². The highest BCUT2D eigenvalue weighted by Crippen LogP contribution is 2.45. The van der Waals surface area contributed by atoms with E-state index in [2.05, 4.69) is 20.2 Å². The number of β-amino-alcohol motifs (C(OH)–C–C–N with tert-alkyl or cyclic N) is 1. The molecule has 2 fully saturated rings. The molecule has 0 amide bonds. The van der Waals surface area contributed by atoms with Crippen molar-refractivity contribution in [1.29, 1.82) is 0 Å². The number of fused-ring (bicyclic) bond motifs is 1. The van der Waals surface area contributed by atoms with Gasteiger partial charge in [0.2, 0.25) is 0 Å². The summed E-state index contributed by atoms with van der Waals surface area (Å²) in [5.41, 5.74) is 3.75. The maximum Gasteiger partial charge on any atom is 0.162 e. The van der Waals surface area contributed by atoms with Crippen LogP contribution < -0.4 is 10.2 Å². The molecule has 2 aliphatic rings. The monoisotopic (exact) mass is 454 g/mol. The number of hydrogen-bond acceptors (Lipinski definition) is 8. The Morgan fingerprint density at radius 3 is 2.59 bits per heavy atom. The molecule has 3 aromatic heterocycles. The highest BCUT2D eigenvalue weighted by molar-refractivity contribution is 5.94. The fourth-order valence-electron chi connectivity index (χ4n) is 4.57. The third-order valence-electron chi connectivity index (χ3n) is 6.54. The van der Waals surface area contributed by atoms with Crippen molar-refractivity contribution < 1.29 is 10.2 Å². The molecule has 4 aromatic rings. The van der Waals surface area contributed by atoms with Gasteiger partial charge >= 0.3 is 0 Å². The number of nitrogens with zero attached hydrogens (tertiary/aromatic N) is 5. The maximum atomic E-state index is 10.4. The van der Waals surface area contributed by atoms with Crippen LogP contribution in [0.25, 0.3) is 22.3 Å². The maximum absolute atomic E-state index is 10.4. The second-order valence-corrected chi connectivity index (χ2v) is 9.06. The number of piperidine rings is 1. The first-order valence-corrected chi connectivity index (χ1v) is 11.7. The Balaban J connectivity index is 1.44. The third kappa shape index (κ3) is 4.06. The summed E-state index contributed by atoms with van der Waals surface area (Å²) in [6.07, 6.45) is 6.71. The quantitative estimate of drug-likeness (QED) is 0.420. The molecule has 6 rings (SSSR count). The molecule has 8 nitrogen and oxygen atoms in total. The summed E-state index contributed by atoms with van der Waals surface area (Å²) >= 11 is 0. The smallest absolute Gasteiger partial charge is 0.162 e. The molecule has 172 valence electrons. The van der Waals surface area contributed by atoms with Crippen LogP contribution in [0.1, 0.15) is 30.7 Å². The molecule has 1 aromatic carbocycles. The molecule has 1 aliphatic heterocycles. The van der Waals surface area contributed by atoms with Gasteiger partial charge in [-0.1, -0.05) is 18.2 Å². The zero-order valence-electron chi connectivity index (χ0n) is 18.7. The van der Waals surface area contributed by atoms with Crippen LogP contribution in [0.4, 0.5) is 17.3 Å². The first-order chi connectivity index (χ1) is 16.7. The number of pyridine rings is 2. The molecule has 0 radical (unpaired) electrons. The lowest BCUT2D eigenvalue weighted by Crippen LogP contribution is -2.47. The van der Waals surface area contributed by atoms with Gasteiger partial charge in [-0.25, -0.2) is 15.0 Å². The summed E-state index contributed by atoms with van der Waals surface area (Å²) in [5, 5.41) is 24.8. The van der Waals surface area contributed by atoms with E-state index in [1.807, 2.05) is 48.7 Å². The van der Waals surface area contributed by atoms with Crippen LogP contribution in [-0.2, 0) is 0 Å². The van der Waals surface area contributed by atoms with E-state index in [-0.39, 0.29) is 0 Å².